The Morgan fingerprint density at radius 3 is 2.30 bits per heavy atom. The van der Waals surface area contributed by atoms with E-state index in [1.54, 1.807) is 25.1 Å². The average Bonchev–Trinajstić information content (AvgIpc) is 2.93. The maximum atomic E-state index is 14.0. The van der Waals surface area contributed by atoms with Crippen LogP contribution in [0.3, 0.4) is 0 Å². The number of carbonyl (C=O) groups excluding carboxylic acids is 2. The molecule has 1 N–H and O–H groups in total. The van der Waals surface area contributed by atoms with Gasteiger partial charge in [0.15, 0.2) is 0 Å². The van der Waals surface area contributed by atoms with Crippen LogP contribution in [0.5, 0.6) is 5.75 Å². The first-order valence-corrected chi connectivity index (χ1v) is 15.3. The van der Waals surface area contributed by atoms with Crippen molar-refractivity contribution >= 4 is 55.1 Å². The van der Waals surface area contributed by atoms with E-state index in [1.165, 1.54) is 42.3 Å². The molecular formula is C29H33BrClN3O5S. The summed E-state index contributed by atoms with van der Waals surface area (Å²) in [5.41, 5.74) is 0.957. The van der Waals surface area contributed by atoms with E-state index in [2.05, 4.69) is 21.2 Å². The molecule has 2 amide bonds. The molecule has 3 aromatic rings. The van der Waals surface area contributed by atoms with Crippen LogP contribution in [0.4, 0.5) is 5.69 Å². The molecule has 0 bridgehead atoms. The number of nitrogens with zero attached hydrogens (tertiary/aromatic N) is 2. The molecule has 11 heteroatoms. The summed E-state index contributed by atoms with van der Waals surface area (Å²) in [5.74, 6) is -0.308. The van der Waals surface area contributed by atoms with Crippen LogP contribution in [0, 0.1) is 5.92 Å². The lowest BCUT2D eigenvalue weighted by Crippen LogP contribution is -2.51. The fraction of sp³-hybridized carbons (Fsp3) is 0.310. The number of halogens is 2. The number of rotatable bonds is 12. The van der Waals surface area contributed by atoms with Crippen LogP contribution in [0.15, 0.2) is 82.2 Å². The van der Waals surface area contributed by atoms with Gasteiger partial charge in [0.2, 0.25) is 11.8 Å². The van der Waals surface area contributed by atoms with Crippen molar-refractivity contribution in [2.45, 2.75) is 38.3 Å². The van der Waals surface area contributed by atoms with E-state index in [0.29, 0.717) is 12.3 Å². The number of ether oxygens (including phenoxy) is 1. The van der Waals surface area contributed by atoms with Gasteiger partial charge in [-0.25, -0.2) is 8.42 Å². The number of anilines is 1. The van der Waals surface area contributed by atoms with Gasteiger partial charge in [-0.3, -0.25) is 13.9 Å². The van der Waals surface area contributed by atoms with Crippen molar-refractivity contribution in [3.8, 4) is 5.75 Å². The quantitative estimate of drug-likeness (QED) is 0.280. The van der Waals surface area contributed by atoms with Gasteiger partial charge in [0.1, 0.15) is 18.3 Å². The molecule has 0 aliphatic heterocycles. The summed E-state index contributed by atoms with van der Waals surface area (Å²) in [6.45, 7) is 5.56. The first-order valence-electron chi connectivity index (χ1n) is 12.7. The maximum absolute atomic E-state index is 14.0. The molecule has 0 saturated heterocycles. The van der Waals surface area contributed by atoms with Crippen molar-refractivity contribution < 1.29 is 22.7 Å². The number of carbonyl (C=O) groups is 2. The Kier molecular flexibility index (Phi) is 11.0. The molecule has 0 radical (unpaired) electrons. The van der Waals surface area contributed by atoms with Crippen molar-refractivity contribution in [1.82, 2.24) is 10.2 Å². The van der Waals surface area contributed by atoms with E-state index in [9.17, 15) is 18.0 Å². The summed E-state index contributed by atoms with van der Waals surface area (Å²) < 4.78 is 34.7. The zero-order valence-corrected chi connectivity index (χ0v) is 26.0. The van der Waals surface area contributed by atoms with E-state index in [4.69, 9.17) is 16.3 Å². The van der Waals surface area contributed by atoms with Gasteiger partial charge in [-0.05, 0) is 60.9 Å². The molecule has 0 saturated carbocycles. The van der Waals surface area contributed by atoms with E-state index in [0.717, 1.165) is 14.3 Å². The Hall–Kier alpha value is -3.08. The number of methoxy groups -OCH3 is 1. The highest BCUT2D eigenvalue weighted by Gasteiger charge is 2.32. The topological polar surface area (TPSA) is 96.0 Å². The predicted octanol–water partition coefficient (Wildman–Crippen LogP) is 5.50. The van der Waals surface area contributed by atoms with Crippen LogP contribution < -0.4 is 14.4 Å². The van der Waals surface area contributed by atoms with Crippen LogP contribution in [-0.4, -0.2) is 51.4 Å². The van der Waals surface area contributed by atoms with Gasteiger partial charge in [0.25, 0.3) is 10.0 Å². The monoisotopic (exact) mass is 649 g/mol. The second kappa shape index (κ2) is 14.0. The number of hydrogen-bond donors (Lipinski definition) is 1. The fourth-order valence-electron chi connectivity index (χ4n) is 3.93. The van der Waals surface area contributed by atoms with Gasteiger partial charge in [-0.1, -0.05) is 71.7 Å². The second-order valence-corrected chi connectivity index (χ2v) is 12.8. The highest BCUT2D eigenvalue weighted by atomic mass is 79.9. The summed E-state index contributed by atoms with van der Waals surface area (Å²) in [7, 11) is -2.73. The Labute approximate surface area is 249 Å². The lowest BCUT2D eigenvalue weighted by molar-refractivity contribution is -0.139. The second-order valence-electron chi connectivity index (χ2n) is 9.61. The van der Waals surface area contributed by atoms with Crippen molar-refractivity contribution in [3.05, 3.63) is 87.9 Å². The van der Waals surface area contributed by atoms with Gasteiger partial charge in [-0.15, -0.1) is 0 Å². The van der Waals surface area contributed by atoms with Crippen molar-refractivity contribution in [2.75, 3.05) is 24.5 Å². The van der Waals surface area contributed by atoms with Crippen LogP contribution >= 0.6 is 27.5 Å². The standard InChI is InChI=1S/C29H33BrClN3O5S/c1-20(2)17-32-29(36)21(3)33(18-22-9-8-10-23(30)15-22)28(35)19-34(24-13-14-27(39-4)26(31)16-24)40(37,38)25-11-6-5-7-12-25/h5-16,20-21H,17-19H2,1-4H3,(H,32,36). The van der Waals surface area contributed by atoms with E-state index < -0.39 is 28.5 Å². The number of nitrogens with one attached hydrogen (secondary N) is 1. The van der Waals surface area contributed by atoms with Crippen LogP contribution in [0.2, 0.25) is 5.02 Å². The molecule has 0 heterocycles. The lowest BCUT2D eigenvalue weighted by atomic mass is 10.1. The van der Waals surface area contributed by atoms with Crippen molar-refractivity contribution in [3.63, 3.8) is 0 Å². The SMILES string of the molecule is COc1ccc(N(CC(=O)N(Cc2cccc(Br)c2)C(C)C(=O)NCC(C)C)S(=O)(=O)c2ccccc2)cc1Cl. The zero-order chi connectivity index (χ0) is 29.4. The Morgan fingerprint density at radius 2 is 1.70 bits per heavy atom. The molecule has 1 atom stereocenters. The van der Waals surface area contributed by atoms with Crippen molar-refractivity contribution in [1.29, 1.82) is 0 Å². The summed E-state index contributed by atoms with van der Waals surface area (Å²) in [6, 6.07) is 18.8. The fourth-order valence-corrected chi connectivity index (χ4v) is 6.05. The van der Waals surface area contributed by atoms with E-state index in [-0.39, 0.29) is 34.0 Å². The first kappa shape index (κ1) is 31.4. The molecule has 0 aliphatic carbocycles. The molecule has 3 aromatic carbocycles. The van der Waals surface area contributed by atoms with Crippen molar-refractivity contribution in [2.24, 2.45) is 5.92 Å². The van der Waals surface area contributed by atoms with E-state index in [1.807, 2.05) is 38.1 Å². The molecule has 214 valence electrons. The smallest absolute Gasteiger partial charge is 0.264 e. The largest absolute Gasteiger partial charge is 0.495 e. The van der Waals surface area contributed by atoms with Gasteiger partial charge in [0.05, 0.1) is 22.7 Å². The molecule has 0 spiro atoms. The number of amides is 2. The average molecular weight is 651 g/mol. The molecule has 0 aromatic heterocycles. The molecule has 40 heavy (non-hydrogen) atoms. The zero-order valence-electron chi connectivity index (χ0n) is 22.8. The highest BCUT2D eigenvalue weighted by molar-refractivity contribution is 9.10. The van der Waals surface area contributed by atoms with Crippen LogP contribution in [-0.2, 0) is 26.2 Å². The summed E-state index contributed by atoms with van der Waals surface area (Å²) >= 11 is 9.79. The summed E-state index contributed by atoms with van der Waals surface area (Å²) in [6.07, 6.45) is 0. The van der Waals surface area contributed by atoms with Gasteiger partial charge in [-0.2, -0.15) is 0 Å². The molecular weight excluding hydrogens is 618 g/mol. The maximum Gasteiger partial charge on any atom is 0.264 e. The highest BCUT2D eigenvalue weighted by Crippen LogP contribution is 2.32. The normalized spacial score (nSPS) is 12.1. The lowest BCUT2D eigenvalue weighted by Gasteiger charge is -2.32. The van der Waals surface area contributed by atoms with Gasteiger partial charge >= 0.3 is 0 Å². The minimum Gasteiger partial charge on any atom is -0.495 e. The third-order valence-corrected chi connectivity index (χ3v) is 8.70. The molecule has 3 rings (SSSR count). The molecule has 1 unspecified atom stereocenters. The third kappa shape index (κ3) is 7.99. The molecule has 0 fully saturated rings. The number of sulfonamides is 1. The van der Waals surface area contributed by atoms with Crippen LogP contribution in [0.1, 0.15) is 26.3 Å². The molecule has 0 aliphatic rings. The number of hydrogen-bond acceptors (Lipinski definition) is 5. The summed E-state index contributed by atoms with van der Waals surface area (Å²) in [5, 5.41) is 3.06. The number of benzene rings is 3. The Morgan fingerprint density at radius 1 is 1.00 bits per heavy atom. The summed E-state index contributed by atoms with van der Waals surface area (Å²) in [4.78, 5) is 28.4. The van der Waals surface area contributed by atoms with Crippen LogP contribution in [0.25, 0.3) is 0 Å². The minimum atomic E-state index is -4.19. The molecule has 8 nitrogen and oxygen atoms in total. The predicted molar refractivity (Wildman–Crippen MR) is 161 cm³/mol. The minimum absolute atomic E-state index is 0.0102. The van der Waals surface area contributed by atoms with Gasteiger partial charge in [0, 0.05) is 17.6 Å². The Bertz CT molecular complexity index is 1440. The van der Waals surface area contributed by atoms with E-state index >= 15 is 0 Å². The Balaban J connectivity index is 2.04. The third-order valence-electron chi connectivity index (χ3n) is 6.13. The first-order chi connectivity index (χ1) is 18.9. The van der Waals surface area contributed by atoms with Gasteiger partial charge < -0.3 is 15.0 Å².